The van der Waals surface area contributed by atoms with Crippen LogP contribution in [0, 0.1) is 0 Å². The van der Waals surface area contributed by atoms with E-state index in [0.717, 1.165) is 18.4 Å². The molecule has 0 spiro atoms. The molecule has 19 heavy (non-hydrogen) atoms. The Balaban J connectivity index is 1.92. The summed E-state index contributed by atoms with van der Waals surface area (Å²) < 4.78 is 5.99. The Labute approximate surface area is 114 Å². The molecule has 0 bridgehead atoms. The van der Waals surface area contributed by atoms with Crippen molar-refractivity contribution in [1.82, 2.24) is 10.3 Å². The monoisotopic (exact) mass is 256 g/mol. The van der Waals surface area contributed by atoms with Crippen molar-refractivity contribution in [2.45, 2.75) is 38.0 Å². The molecular weight excluding hydrogens is 236 g/mol. The van der Waals surface area contributed by atoms with Gasteiger partial charge in [-0.25, -0.2) is 0 Å². The second-order valence-electron chi connectivity index (χ2n) is 5.29. The van der Waals surface area contributed by atoms with Crippen molar-refractivity contribution in [2.75, 3.05) is 7.05 Å². The van der Waals surface area contributed by atoms with Gasteiger partial charge in [-0.15, -0.1) is 0 Å². The Kier molecular flexibility index (Phi) is 3.49. The molecule has 1 N–H and O–H groups in total. The summed E-state index contributed by atoms with van der Waals surface area (Å²) in [5.41, 5.74) is 2.25. The highest BCUT2D eigenvalue weighted by atomic mass is 16.5. The Morgan fingerprint density at radius 2 is 2.16 bits per heavy atom. The minimum absolute atomic E-state index is 0.224. The molecule has 0 radical (unpaired) electrons. The van der Waals surface area contributed by atoms with Gasteiger partial charge in [0, 0.05) is 11.6 Å². The molecule has 3 rings (SSSR count). The summed E-state index contributed by atoms with van der Waals surface area (Å²) in [6, 6.07) is 10.7. The fraction of sp³-hybridized carbons (Fsp3) is 0.438. The maximum atomic E-state index is 5.99. The van der Waals surface area contributed by atoms with Crippen molar-refractivity contribution in [3.05, 3.63) is 42.1 Å². The molecule has 1 saturated heterocycles. The molecule has 1 fully saturated rings. The van der Waals surface area contributed by atoms with E-state index in [0.29, 0.717) is 6.10 Å². The zero-order chi connectivity index (χ0) is 13.2. The Morgan fingerprint density at radius 1 is 1.32 bits per heavy atom. The van der Waals surface area contributed by atoms with Gasteiger partial charge in [0.1, 0.15) is 0 Å². The van der Waals surface area contributed by atoms with Gasteiger partial charge in [0.25, 0.3) is 0 Å². The molecule has 1 aromatic heterocycles. The first-order valence-electron chi connectivity index (χ1n) is 6.95. The van der Waals surface area contributed by atoms with Crippen LogP contribution in [0.1, 0.15) is 31.4 Å². The van der Waals surface area contributed by atoms with Crippen molar-refractivity contribution in [3.63, 3.8) is 0 Å². The van der Waals surface area contributed by atoms with Crippen molar-refractivity contribution in [3.8, 4) is 0 Å². The van der Waals surface area contributed by atoms with E-state index < -0.39 is 0 Å². The van der Waals surface area contributed by atoms with E-state index in [9.17, 15) is 0 Å². The Hall–Kier alpha value is -1.45. The minimum Gasteiger partial charge on any atom is -0.373 e. The number of rotatable bonds is 3. The van der Waals surface area contributed by atoms with Gasteiger partial charge < -0.3 is 10.1 Å². The average molecular weight is 256 g/mol. The topological polar surface area (TPSA) is 34.2 Å². The zero-order valence-corrected chi connectivity index (χ0v) is 11.5. The van der Waals surface area contributed by atoms with Gasteiger partial charge in [-0.05, 0) is 44.5 Å². The van der Waals surface area contributed by atoms with Crippen LogP contribution in [0.2, 0.25) is 0 Å². The van der Waals surface area contributed by atoms with Crippen LogP contribution in [0.4, 0.5) is 0 Å². The fourth-order valence-electron chi connectivity index (χ4n) is 2.90. The number of hydrogen-bond donors (Lipinski definition) is 1. The highest BCUT2D eigenvalue weighted by Crippen LogP contribution is 2.30. The van der Waals surface area contributed by atoms with Gasteiger partial charge in [0.05, 0.1) is 23.8 Å². The molecule has 3 heteroatoms. The van der Waals surface area contributed by atoms with Crippen LogP contribution in [-0.4, -0.2) is 24.2 Å². The molecule has 2 aromatic rings. The van der Waals surface area contributed by atoms with Crippen LogP contribution in [0.3, 0.4) is 0 Å². The molecule has 0 aliphatic carbocycles. The lowest BCUT2D eigenvalue weighted by Crippen LogP contribution is -2.29. The van der Waals surface area contributed by atoms with Gasteiger partial charge >= 0.3 is 0 Å². The lowest BCUT2D eigenvalue weighted by molar-refractivity contribution is 0.0333. The molecular formula is C16H20N2O. The second kappa shape index (κ2) is 5.27. The van der Waals surface area contributed by atoms with Crippen molar-refractivity contribution in [2.24, 2.45) is 0 Å². The predicted octanol–water partition coefficient (Wildman–Crippen LogP) is 3.06. The summed E-state index contributed by atoms with van der Waals surface area (Å²) in [6.45, 7) is 2.14. The molecule has 3 unspecified atom stereocenters. The van der Waals surface area contributed by atoms with Crippen LogP contribution in [-0.2, 0) is 4.74 Å². The van der Waals surface area contributed by atoms with E-state index >= 15 is 0 Å². The van der Waals surface area contributed by atoms with Crippen LogP contribution >= 0.6 is 0 Å². The van der Waals surface area contributed by atoms with Crippen LogP contribution < -0.4 is 5.32 Å². The lowest BCUT2D eigenvalue weighted by atomic mass is 9.99. The average Bonchev–Trinajstić information content (AvgIpc) is 2.86. The first-order valence-corrected chi connectivity index (χ1v) is 6.95. The van der Waals surface area contributed by atoms with Gasteiger partial charge in [-0.2, -0.15) is 0 Å². The molecule has 0 saturated carbocycles. The molecule has 100 valence electrons. The van der Waals surface area contributed by atoms with Gasteiger partial charge in [0.2, 0.25) is 0 Å². The van der Waals surface area contributed by atoms with Crippen molar-refractivity contribution in [1.29, 1.82) is 0 Å². The third-order valence-electron chi connectivity index (χ3n) is 3.92. The molecule has 1 aliphatic rings. The van der Waals surface area contributed by atoms with Gasteiger partial charge in [0.15, 0.2) is 0 Å². The van der Waals surface area contributed by atoms with E-state index in [1.54, 1.807) is 0 Å². The molecule has 3 atom stereocenters. The normalized spacial score (nSPS) is 24.7. The first kappa shape index (κ1) is 12.6. The van der Waals surface area contributed by atoms with Crippen LogP contribution in [0.15, 0.2) is 36.5 Å². The molecule has 2 heterocycles. The van der Waals surface area contributed by atoms with E-state index in [4.69, 9.17) is 4.74 Å². The number of ether oxygens (including phenoxy) is 1. The number of nitrogens with one attached hydrogen (secondary N) is 1. The van der Waals surface area contributed by atoms with Gasteiger partial charge in [-0.3, -0.25) is 4.98 Å². The molecule has 0 amide bonds. The lowest BCUT2D eigenvalue weighted by Gasteiger charge is -2.23. The van der Waals surface area contributed by atoms with E-state index in [1.165, 1.54) is 10.9 Å². The number of benzene rings is 1. The molecule has 1 aliphatic heterocycles. The van der Waals surface area contributed by atoms with Crippen molar-refractivity contribution >= 4 is 10.9 Å². The number of aromatic nitrogens is 1. The molecule has 1 aromatic carbocycles. The van der Waals surface area contributed by atoms with E-state index in [-0.39, 0.29) is 12.1 Å². The largest absolute Gasteiger partial charge is 0.373 e. The summed E-state index contributed by atoms with van der Waals surface area (Å²) in [7, 11) is 1.99. The SMILES string of the molecule is CNC(c1cnc2ccccc2c1)C1CCC(C)O1. The standard InChI is InChI=1S/C16H20N2O/c1-11-7-8-15(19-11)16(17-2)13-9-12-5-3-4-6-14(12)18-10-13/h3-6,9-11,15-17H,7-8H2,1-2H3. The smallest absolute Gasteiger partial charge is 0.0774 e. The number of para-hydroxylation sites is 1. The number of nitrogens with zero attached hydrogens (tertiary/aromatic N) is 1. The number of pyridine rings is 1. The Bertz CT molecular complexity index is 569. The van der Waals surface area contributed by atoms with Crippen LogP contribution in [0.5, 0.6) is 0 Å². The summed E-state index contributed by atoms with van der Waals surface area (Å²) in [5, 5.41) is 4.57. The summed E-state index contributed by atoms with van der Waals surface area (Å²) in [6.07, 6.45) is 4.84. The third kappa shape index (κ3) is 2.48. The summed E-state index contributed by atoms with van der Waals surface area (Å²) >= 11 is 0. The maximum Gasteiger partial charge on any atom is 0.0774 e. The predicted molar refractivity (Wildman–Crippen MR) is 77.1 cm³/mol. The minimum atomic E-state index is 0.224. The van der Waals surface area contributed by atoms with Gasteiger partial charge in [-0.1, -0.05) is 18.2 Å². The number of hydrogen-bond acceptors (Lipinski definition) is 3. The zero-order valence-electron chi connectivity index (χ0n) is 11.5. The first-order chi connectivity index (χ1) is 9.28. The second-order valence-corrected chi connectivity index (χ2v) is 5.29. The van der Waals surface area contributed by atoms with E-state index in [1.807, 2.05) is 25.4 Å². The van der Waals surface area contributed by atoms with E-state index in [2.05, 4.69) is 35.4 Å². The van der Waals surface area contributed by atoms with Crippen molar-refractivity contribution < 1.29 is 4.74 Å². The highest BCUT2D eigenvalue weighted by molar-refractivity contribution is 5.78. The summed E-state index contributed by atoms with van der Waals surface area (Å²) in [5.74, 6) is 0. The third-order valence-corrected chi connectivity index (χ3v) is 3.92. The maximum absolute atomic E-state index is 5.99. The summed E-state index contributed by atoms with van der Waals surface area (Å²) in [4.78, 5) is 4.54. The highest BCUT2D eigenvalue weighted by Gasteiger charge is 2.29. The number of likely N-dealkylation sites (N-methyl/N-ethyl adjacent to an activating group) is 1. The quantitative estimate of drug-likeness (QED) is 0.916. The number of fused-ring (bicyclic) bond motifs is 1. The molecule has 3 nitrogen and oxygen atoms in total. The fourth-order valence-corrected chi connectivity index (χ4v) is 2.90. The van der Waals surface area contributed by atoms with Crippen LogP contribution in [0.25, 0.3) is 10.9 Å². The Morgan fingerprint density at radius 3 is 2.89 bits per heavy atom.